The Balaban J connectivity index is 1.42. The Bertz CT molecular complexity index is 720. The van der Waals surface area contributed by atoms with Crippen LogP contribution in [0.1, 0.15) is 22.4 Å². The number of aromatic nitrogens is 1. The molecule has 0 atom stereocenters. The summed E-state index contributed by atoms with van der Waals surface area (Å²) in [6, 6.07) is 8.88. The molecule has 2 N–H and O–H groups in total. The molecule has 2 heterocycles. The van der Waals surface area contributed by atoms with Crippen molar-refractivity contribution in [2.24, 2.45) is 4.99 Å². The molecule has 0 saturated carbocycles. The predicted molar refractivity (Wildman–Crippen MR) is 119 cm³/mol. The number of hydrogen-bond acceptors (Lipinski definition) is 5. The molecule has 1 saturated heterocycles. The summed E-state index contributed by atoms with van der Waals surface area (Å²) in [5.41, 5.74) is 2.59. The highest BCUT2D eigenvalue weighted by atomic mass is 32.2. The minimum Gasteiger partial charge on any atom is -0.370 e. The summed E-state index contributed by atoms with van der Waals surface area (Å²) in [6.45, 7) is 6.07. The molecule has 0 bridgehead atoms. The zero-order valence-electron chi connectivity index (χ0n) is 16.2. The molecule has 27 heavy (non-hydrogen) atoms. The van der Waals surface area contributed by atoms with Gasteiger partial charge in [0, 0.05) is 67.9 Å². The number of anilines is 1. The van der Waals surface area contributed by atoms with E-state index in [-0.39, 0.29) is 0 Å². The van der Waals surface area contributed by atoms with Crippen molar-refractivity contribution in [3.8, 4) is 0 Å². The van der Waals surface area contributed by atoms with Crippen LogP contribution in [0.2, 0.25) is 0 Å². The first kappa shape index (κ1) is 20.0. The quantitative estimate of drug-likeness (QED) is 0.549. The van der Waals surface area contributed by atoms with Crippen molar-refractivity contribution in [1.82, 2.24) is 15.6 Å². The van der Waals surface area contributed by atoms with Gasteiger partial charge in [-0.3, -0.25) is 4.99 Å². The van der Waals surface area contributed by atoms with Gasteiger partial charge >= 0.3 is 0 Å². The molecule has 0 radical (unpaired) electrons. The van der Waals surface area contributed by atoms with Gasteiger partial charge in [0.15, 0.2) is 5.96 Å². The summed E-state index contributed by atoms with van der Waals surface area (Å²) < 4.78 is 0. The van der Waals surface area contributed by atoms with E-state index >= 15 is 0 Å². The molecule has 0 spiro atoms. The van der Waals surface area contributed by atoms with Crippen molar-refractivity contribution in [1.29, 1.82) is 0 Å². The van der Waals surface area contributed by atoms with E-state index in [1.165, 1.54) is 32.6 Å². The third-order valence-corrected chi connectivity index (χ3v) is 6.72. The van der Waals surface area contributed by atoms with Gasteiger partial charge in [0.05, 0.1) is 5.01 Å². The van der Waals surface area contributed by atoms with E-state index in [1.54, 1.807) is 11.3 Å². The highest BCUT2D eigenvalue weighted by molar-refractivity contribution is 7.99. The molecule has 0 amide bonds. The first-order valence-corrected chi connectivity index (χ1v) is 11.6. The number of hydrogen-bond donors (Lipinski definition) is 2. The number of nitrogens with zero attached hydrogens (tertiary/aromatic N) is 3. The molecular weight excluding hydrogens is 374 g/mol. The Kier molecular flexibility index (Phi) is 7.83. The second kappa shape index (κ2) is 10.6. The normalized spacial score (nSPS) is 15.0. The largest absolute Gasteiger partial charge is 0.370 e. The molecule has 146 valence electrons. The second-order valence-corrected chi connectivity index (χ2v) is 8.87. The van der Waals surface area contributed by atoms with Crippen LogP contribution in [0, 0.1) is 0 Å². The number of benzene rings is 1. The smallest absolute Gasteiger partial charge is 0.191 e. The Morgan fingerprint density at radius 2 is 1.96 bits per heavy atom. The van der Waals surface area contributed by atoms with Gasteiger partial charge in [0.1, 0.15) is 0 Å². The van der Waals surface area contributed by atoms with Gasteiger partial charge in [-0.25, -0.2) is 4.98 Å². The number of aliphatic imine (C=N–C) groups is 1. The number of guanidine groups is 1. The van der Waals surface area contributed by atoms with Crippen molar-refractivity contribution in [3.63, 3.8) is 0 Å². The lowest BCUT2D eigenvalue weighted by Crippen LogP contribution is -2.37. The molecule has 3 rings (SSSR count). The van der Waals surface area contributed by atoms with Crippen LogP contribution >= 0.6 is 23.1 Å². The summed E-state index contributed by atoms with van der Waals surface area (Å²) in [4.78, 5) is 12.6. The van der Waals surface area contributed by atoms with Crippen LogP contribution in [0.5, 0.6) is 0 Å². The van der Waals surface area contributed by atoms with Crippen LogP contribution in [0.4, 0.5) is 5.69 Å². The summed E-state index contributed by atoms with van der Waals surface area (Å²) in [6.07, 6.45) is 3.97. The van der Waals surface area contributed by atoms with E-state index in [2.05, 4.69) is 56.7 Å². The first-order valence-electron chi connectivity index (χ1n) is 9.58. The Morgan fingerprint density at radius 3 is 2.63 bits per heavy atom. The van der Waals surface area contributed by atoms with Crippen molar-refractivity contribution in [3.05, 3.63) is 45.9 Å². The molecule has 1 aromatic heterocycles. The number of aryl methyl sites for hydroxylation is 1. The third-order valence-electron chi connectivity index (χ3n) is 4.58. The van der Waals surface area contributed by atoms with Crippen molar-refractivity contribution >= 4 is 34.7 Å². The van der Waals surface area contributed by atoms with E-state index in [0.29, 0.717) is 0 Å². The van der Waals surface area contributed by atoms with Crippen molar-refractivity contribution in [2.45, 2.75) is 26.3 Å². The van der Waals surface area contributed by atoms with Gasteiger partial charge in [-0.1, -0.05) is 19.1 Å². The van der Waals surface area contributed by atoms with Crippen LogP contribution in [0.25, 0.3) is 0 Å². The maximum atomic E-state index is 4.46. The zero-order chi connectivity index (χ0) is 18.9. The number of nitrogens with one attached hydrogen (secondary N) is 2. The summed E-state index contributed by atoms with van der Waals surface area (Å²) in [5, 5.41) is 7.95. The van der Waals surface area contributed by atoms with Crippen LogP contribution in [-0.2, 0) is 19.4 Å². The summed E-state index contributed by atoms with van der Waals surface area (Å²) in [5.74, 6) is 3.29. The predicted octanol–water partition coefficient (Wildman–Crippen LogP) is 3.17. The Labute approximate surface area is 170 Å². The van der Waals surface area contributed by atoms with Gasteiger partial charge in [-0.2, -0.15) is 11.8 Å². The van der Waals surface area contributed by atoms with E-state index in [9.17, 15) is 0 Å². The molecule has 7 heteroatoms. The lowest BCUT2D eigenvalue weighted by molar-refractivity contribution is 0.791. The summed E-state index contributed by atoms with van der Waals surface area (Å²) in [7, 11) is 1.81. The van der Waals surface area contributed by atoms with Crippen molar-refractivity contribution < 1.29 is 0 Å². The van der Waals surface area contributed by atoms with Crippen LogP contribution in [0.3, 0.4) is 0 Å². The Morgan fingerprint density at radius 1 is 1.19 bits per heavy atom. The topological polar surface area (TPSA) is 52.6 Å². The van der Waals surface area contributed by atoms with Gasteiger partial charge < -0.3 is 15.5 Å². The zero-order valence-corrected chi connectivity index (χ0v) is 17.8. The van der Waals surface area contributed by atoms with Crippen molar-refractivity contribution in [2.75, 3.05) is 43.1 Å². The van der Waals surface area contributed by atoms with E-state index in [4.69, 9.17) is 0 Å². The molecule has 5 nitrogen and oxygen atoms in total. The maximum Gasteiger partial charge on any atom is 0.191 e. The number of thioether (sulfide) groups is 1. The highest BCUT2D eigenvalue weighted by Gasteiger charge is 2.10. The molecular formula is C20H29N5S2. The molecule has 1 aromatic carbocycles. The van der Waals surface area contributed by atoms with E-state index < -0.39 is 0 Å². The second-order valence-electron chi connectivity index (χ2n) is 6.44. The molecule has 0 unspecified atom stereocenters. The minimum absolute atomic E-state index is 0.771. The fraction of sp³-hybridized carbons (Fsp3) is 0.500. The molecule has 1 aliphatic heterocycles. The average molecular weight is 404 g/mol. The standard InChI is InChI=1S/C20H29N5S2/c1-3-18-15-23-19(27-18)8-9-22-20(21-2)24-14-16-4-6-17(7-5-16)25-10-12-26-13-11-25/h4-7,15H,3,8-14H2,1-2H3,(H2,21,22,24). The SMILES string of the molecule is CCc1cnc(CCNC(=NC)NCc2ccc(N3CCSCC3)cc2)s1. The average Bonchev–Trinajstić information content (AvgIpc) is 3.19. The summed E-state index contributed by atoms with van der Waals surface area (Å²) >= 11 is 3.84. The fourth-order valence-corrected chi connectivity index (χ4v) is 4.73. The lowest BCUT2D eigenvalue weighted by atomic mass is 10.2. The van der Waals surface area contributed by atoms with Crippen LogP contribution in [0.15, 0.2) is 35.5 Å². The third kappa shape index (κ3) is 6.14. The molecule has 1 fully saturated rings. The van der Waals surface area contributed by atoms with Gasteiger partial charge in [0.2, 0.25) is 0 Å². The molecule has 2 aromatic rings. The lowest BCUT2D eigenvalue weighted by Gasteiger charge is -2.28. The van der Waals surface area contributed by atoms with Gasteiger partial charge in [-0.15, -0.1) is 11.3 Å². The Hall–Kier alpha value is -1.73. The monoisotopic (exact) mass is 403 g/mol. The van der Waals surface area contributed by atoms with E-state index in [0.717, 1.165) is 45.0 Å². The number of rotatable bonds is 7. The first-order chi connectivity index (χ1) is 13.3. The van der Waals surface area contributed by atoms with Crippen LogP contribution < -0.4 is 15.5 Å². The number of thiazole rings is 1. The fourth-order valence-electron chi connectivity index (χ4n) is 2.97. The minimum atomic E-state index is 0.771. The van der Waals surface area contributed by atoms with Gasteiger partial charge in [-0.05, 0) is 24.1 Å². The maximum absolute atomic E-state index is 4.46. The highest BCUT2D eigenvalue weighted by Crippen LogP contribution is 2.19. The van der Waals surface area contributed by atoms with Gasteiger partial charge in [0.25, 0.3) is 0 Å². The van der Waals surface area contributed by atoms with Crippen LogP contribution in [-0.4, -0.2) is 49.1 Å². The molecule has 1 aliphatic rings. The molecule has 0 aliphatic carbocycles. The van der Waals surface area contributed by atoms with E-state index in [1.807, 2.05) is 25.0 Å².